The number of methoxy groups -OCH3 is 3. The zero-order valence-electron chi connectivity index (χ0n) is 19.5. The van der Waals surface area contributed by atoms with E-state index < -0.39 is 0 Å². The smallest absolute Gasteiger partial charge is 0.338 e. The minimum atomic E-state index is -0.383. The molecule has 0 aromatic heterocycles. The molecule has 0 bridgehead atoms. The van der Waals surface area contributed by atoms with Gasteiger partial charge >= 0.3 is 5.97 Å². The lowest BCUT2D eigenvalue weighted by Gasteiger charge is -2.29. The molecule has 1 saturated heterocycles. The normalized spacial score (nSPS) is 17.2. The second kappa shape index (κ2) is 14.9. The van der Waals surface area contributed by atoms with Gasteiger partial charge in [0.1, 0.15) is 32.7 Å². The number of quaternary nitrogens is 2. The number of benzene rings is 2. The van der Waals surface area contributed by atoms with E-state index in [1.807, 2.05) is 0 Å². The van der Waals surface area contributed by atoms with Crippen molar-refractivity contribution in [1.82, 2.24) is 0 Å². The van der Waals surface area contributed by atoms with Gasteiger partial charge in [-0.25, -0.2) is 4.79 Å². The van der Waals surface area contributed by atoms with Crippen LogP contribution in [0.15, 0.2) is 42.5 Å². The van der Waals surface area contributed by atoms with Crippen molar-refractivity contribution in [3.63, 3.8) is 0 Å². The fraction of sp³-hybridized carbons (Fsp3) is 0.458. The Morgan fingerprint density at radius 1 is 0.848 bits per heavy atom. The van der Waals surface area contributed by atoms with Crippen LogP contribution < -0.4 is 48.8 Å². The highest BCUT2D eigenvalue weighted by Gasteiger charge is 2.23. The van der Waals surface area contributed by atoms with E-state index in [1.54, 1.807) is 21.9 Å². The molecule has 9 heteroatoms. The lowest BCUT2D eigenvalue weighted by molar-refractivity contribution is -1.02. The zero-order valence-corrected chi connectivity index (χ0v) is 21.0. The predicted octanol–water partition coefficient (Wildman–Crippen LogP) is -5.75. The molecule has 2 aromatic carbocycles. The Balaban J connectivity index is 0.00000272. The first kappa shape index (κ1) is 28.8. The van der Waals surface area contributed by atoms with E-state index in [0.29, 0.717) is 29.4 Å². The van der Waals surface area contributed by atoms with Gasteiger partial charge in [-0.1, -0.05) is 30.3 Å². The van der Waals surface area contributed by atoms with Crippen molar-refractivity contribution in [2.24, 2.45) is 0 Å². The molecule has 0 radical (unpaired) electrons. The Hall–Kier alpha value is -2.19. The second-order valence-corrected chi connectivity index (χ2v) is 7.82. The lowest BCUT2D eigenvalue weighted by Crippen LogP contribution is -3.27. The number of halogens is 2. The van der Waals surface area contributed by atoms with Crippen molar-refractivity contribution in [3.05, 3.63) is 53.6 Å². The van der Waals surface area contributed by atoms with Crippen LogP contribution in [0, 0.1) is 0 Å². The molecule has 3 rings (SSSR count). The number of hydrogen-bond acceptors (Lipinski definition) is 5. The molecule has 2 aromatic rings. The third-order valence-electron chi connectivity index (χ3n) is 5.77. The van der Waals surface area contributed by atoms with Gasteiger partial charge in [0.15, 0.2) is 11.5 Å². The van der Waals surface area contributed by atoms with Crippen molar-refractivity contribution < 1.29 is 58.4 Å². The predicted molar refractivity (Wildman–Crippen MR) is 117 cm³/mol. The number of hydrogen-bond donors (Lipinski definition) is 2. The van der Waals surface area contributed by atoms with Gasteiger partial charge in [0.25, 0.3) is 0 Å². The maximum Gasteiger partial charge on any atom is 0.338 e. The van der Waals surface area contributed by atoms with E-state index in [0.717, 1.165) is 32.6 Å². The van der Waals surface area contributed by atoms with Crippen molar-refractivity contribution in [2.75, 3.05) is 60.7 Å². The van der Waals surface area contributed by atoms with E-state index in [9.17, 15) is 4.79 Å². The first-order valence-electron chi connectivity index (χ1n) is 10.8. The van der Waals surface area contributed by atoms with Crippen LogP contribution in [0.3, 0.4) is 0 Å². The van der Waals surface area contributed by atoms with E-state index >= 15 is 0 Å². The van der Waals surface area contributed by atoms with Gasteiger partial charge in [-0.05, 0) is 12.1 Å². The van der Waals surface area contributed by atoms with Crippen LogP contribution in [0.5, 0.6) is 17.2 Å². The van der Waals surface area contributed by atoms with Crippen molar-refractivity contribution in [1.29, 1.82) is 0 Å². The van der Waals surface area contributed by atoms with Crippen LogP contribution in [0.2, 0.25) is 0 Å². The monoisotopic (exact) mass is 500 g/mol. The maximum absolute atomic E-state index is 12.5. The quantitative estimate of drug-likeness (QED) is 0.251. The molecule has 0 saturated carbocycles. The van der Waals surface area contributed by atoms with E-state index in [-0.39, 0.29) is 30.8 Å². The highest BCUT2D eigenvalue weighted by molar-refractivity contribution is 5.91. The lowest BCUT2D eigenvalue weighted by atomic mass is 10.2. The molecular formula is C24H34Cl2N2O5. The average Bonchev–Trinajstić information content (AvgIpc) is 2.82. The fourth-order valence-electron chi connectivity index (χ4n) is 4.04. The largest absolute Gasteiger partial charge is 1.00 e. The third kappa shape index (κ3) is 8.27. The minimum absolute atomic E-state index is 0. The maximum atomic E-state index is 12.5. The highest BCUT2D eigenvalue weighted by atomic mass is 35.5. The molecule has 0 amide bonds. The molecule has 33 heavy (non-hydrogen) atoms. The molecule has 1 aliphatic rings. The number of ether oxygens (including phenoxy) is 4. The summed E-state index contributed by atoms with van der Waals surface area (Å²) in [5.74, 6) is 0.952. The van der Waals surface area contributed by atoms with Crippen LogP contribution in [-0.2, 0) is 11.3 Å². The number of piperazine rings is 1. The number of rotatable bonds is 10. The van der Waals surface area contributed by atoms with E-state index in [4.69, 9.17) is 18.9 Å². The van der Waals surface area contributed by atoms with Crippen LogP contribution in [-0.4, -0.2) is 66.6 Å². The molecular weight excluding hydrogens is 467 g/mol. The Morgan fingerprint density at radius 2 is 1.42 bits per heavy atom. The van der Waals surface area contributed by atoms with Crippen LogP contribution in [0.1, 0.15) is 22.3 Å². The first-order valence-corrected chi connectivity index (χ1v) is 10.8. The SMILES string of the molecule is COc1cc(C(=O)OCCC[NH+]2CC[NH+](Cc3ccccc3)CC2)cc(OC)c1OC.[Cl-].[Cl-]. The van der Waals surface area contributed by atoms with Gasteiger partial charge < -0.3 is 53.6 Å². The van der Waals surface area contributed by atoms with Gasteiger partial charge in [0.05, 0.1) is 40.0 Å². The fourth-order valence-corrected chi connectivity index (χ4v) is 4.04. The van der Waals surface area contributed by atoms with Gasteiger partial charge in [-0.2, -0.15) is 0 Å². The molecule has 1 aliphatic heterocycles. The van der Waals surface area contributed by atoms with Crippen molar-refractivity contribution >= 4 is 5.97 Å². The zero-order chi connectivity index (χ0) is 22.1. The number of esters is 1. The summed E-state index contributed by atoms with van der Waals surface area (Å²) in [5.41, 5.74) is 1.79. The molecule has 1 fully saturated rings. The molecule has 0 spiro atoms. The Kier molecular flexibility index (Phi) is 13.0. The van der Waals surface area contributed by atoms with E-state index in [2.05, 4.69) is 30.3 Å². The first-order chi connectivity index (χ1) is 15.1. The molecule has 184 valence electrons. The topological polar surface area (TPSA) is 62.9 Å². The Labute approximate surface area is 208 Å². The summed E-state index contributed by atoms with van der Waals surface area (Å²) in [6, 6.07) is 13.9. The van der Waals surface area contributed by atoms with Gasteiger partial charge in [-0.15, -0.1) is 0 Å². The summed E-state index contributed by atoms with van der Waals surface area (Å²) in [6.07, 6.45) is 0.847. The molecule has 0 atom stereocenters. The summed E-state index contributed by atoms with van der Waals surface area (Å²) in [4.78, 5) is 15.7. The summed E-state index contributed by atoms with van der Waals surface area (Å²) in [5, 5.41) is 0. The van der Waals surface area contributed by atoms with Gasteiger partial charge in [-0.3, -0.25) is 0 Å². The average molecular weight is 501 g/mol. The van der Waals surface area contributed by atoms with Gasteiger partial charge in [0.2, 0.25) is 5.75 Å². The Morgan fingerprint density at radius 3 is 1.97 bits per heavy atom. The number of nitrogens with one attached hydrogen (secondary N) is 2. The molecule has 7 nitrogen and oxygen atoms in total. The van der Waals surface area contributed by atoms with E-state index in [1.165, 1.54) is 40.0 Å². The molecule has 2 N–H and O–H groups in total. The second-order valence-electron chi connectivity index (χ2n) is 7.82. The number of carbonyl (C=O) groups is 1. The van der Waals surface area contributed by atoms with Gasteiger partial charge in [0, 0.05) is 12.0 Å². The molecule has 0 aliphatic carbocycles. The van der Waals surface area contributed by atoms with Crippen molar-refractivity contribution in [3.8, 4) is 17.2 Å². The van der Waals surface area contributed by atoms with Crippen molar-refractivity contribution in [2.45, 2.75) is 13.0 Å². The summed E-state index contributed by atoms with van der Waals surface area (Å²) >= 11 is 0. The summed E-state index contributed by atoms with van der Waals surface area (Å²) in [6.45, 7) is 7.18. The summed E-state index contributed by atoms with van der Waals surface area (Å²) in [7, 11) is 4.58. The van der Waals surface area contributed by atoms with Crippen LogP contribution in [0.25, 0.3) is 0 Å². The molecule has 1 heterocycles. The molecule has 0 unspecified atom stereocenters. The third-order valence-corrected chi connectivity index (χ3v) is 5.77. The van der Waals surface area contributed by atoms with Crippen LogP contribution in [0.4, 0.5) is 0 Å². The standard InChI is InChI=1S/C24H32N2O5.2ClH/c1-28-21-16-20(17-22(29-2)23(21)30-3)24(27)31-15-7-10-25-11-13-26(14-12-25)18-19-8-5-4-6-9-19;;/h4-6,8-9,16-17H,7,10-15,18H2,1-3H3;2*1H. The number of carbonyl (C=O) groups excluding carboxylic acids is 1. The van der Waals surface area contributed by atoms with Crippen LogP contribution >= 0.6 is 0 Å². The highest BCUT2D eigenvalue weighted by Crippen LogP contribution is 2.38. The minimum Gasteiger partial charge on any atom is -1.00 e. The summed E-state index contributed by atoms with van der Waals surface area (Å²) < 4.78 is 21.4. The Bertz CT molecular complexity index is 821.